The van der Waals surface area contributed by atoms with Crippen LogP contribution in [-0.4, -0.2) is 28.4 Å². The molecule has 1 aromatic rings. The topological polar surface area (TPSA) is 49.0 Å². The molecule has 6 heteroatoms. The molecule has 1 aromatic carbocycles. The average Bonchev–Trinajstić information content (AvgIpc) is 2.35. The highest BCUT2D eigenvalue weighted by Gasteiger charge is 2.19. The number of hydroxylamine groups is 1. The van der Waals surface area contributed by atoms with Gasteiger partial charge in [-0.1, -0.05) is 11.6 Å². The fraction of sp³-hybridized carbons (Fsp3) is 0.455. The molecule has 0 bridgehead atoms. The van der Waals surface area contributed by atoms with Crippen LogP contribution in [0.4, 0.5) is 0 Å². The molecule has 5 nitrogen and oxygen atoms in total. The highest BCUT2D eigenvalue weighted by Crippen LogP contribution is 2.42. The lowest BCUT2D eigenvalue weighted by Gasteiger charge is -2.17. The molecule has 0 aromatic heterocycles. The summed E-state index contributed by atoms with van der Waals surface area (Å²) in [5.41, 5.74) is 3.46. The molecule has 1 rings (SSSR count). The summed E-state index contributed by atoms with van der Waals surface area (Å²) in [6.07, 6.45) is 0. The number of nitrogens with one attached hydrogen (secondary N) is 1. The van der Waals surface area contributed by atoms with E-state index in [1.807, 2.05) is 0 Å². The van der Waals surface area contributed by atoms with Crippen molar-refractivity contribution in [3.8, 4) is 17.2 Å². The molecular formula is C11H16ClNO4. The molecule has 0 saturated heterocycles. The molecule has 0 amide bonds. The van der Waals surface area contributed by atoms with E-state index >= 15 is 0 Å². The molecule has 0 aliphatic heterocycles. The van der Waals surface area contributed by atoms with Crippen LogP contribution in [0.15, 0.2) is 6.07 Å². The molecule has 0 aliphatic carbocycles. The van der Waals surface area contributed by atoms with Gasteiger partial charge in [0.1, 0.15) is 5.75 Å². The van der Waals surface area contributed by atoms with Gasteiger partial charge in [0.25, 0.3) is 0 Å². The Morgan fingerprint density at radius 2 is 1.71 bits per heavy atom. The second-order valence-electron chi connectivity index (χ2n) is 3.13. The third-order valence-corrected chi connectivity index (χ3v) is 2.55. The number of rotatable bonds is 6. The summed E-state index contributed by atoms with van der Waals surface area (Å²) < 4.78 is 15.8. The Balaban J connectivity index is 3.30. The second-order valence-corrected chi connectivity index (χ2v) is 3.54. The van der Waals surface area contributed by atoms with Gasteiger partial charge in [0, 0.05) is 6.07 Å². The average molecular weight is 262 g/mol. The van der Waals surface area contributed by atoms with E-state index in [0.29, 0.717) is 28.8 Å². The molecule has 1 N–H and O–H groups in total. The van der Waals surface area contributed by atoms with E-state index in [2.05, 4.69) is 5.48 Å². The Bertz CT molecular complexity index is 384. The standard InChI is InChI=1S/C11H16ClNO4/c1-14-9-5-8(12)10(15-2)7(6-13-17-4)11(9)16-3/h5,13H,6H2,1-4H3. The van der Waals surface area contributed by atoms with E-state index in [1.165, 1.54) is 7.11 Å². The van der Waals surface area contributed by atoms with Crippen LogP contribution >= 0.6 is 11.6 Å². The molecule has 0 spiro atoms. The molecule has 0 heterocycles. The number of methoxy groups -OCH3 is 3. The number of hydrogen-bond donors (Lipinski definition) is 1. The maximum atomic E-state index is 6.09. The van der Waals surface area contributed by atoms with Crippen LogP contribution in [-0.2, 0) is 11.4 Å². The van der Waals surface area contributed by atoms with Crippen LogP contribution in [0.2, 0.25) is 5.02 Å². The zero-order valence-electron chi connectivity index (χ0n) is 10.3. The Morgan fingerprint density at radius 3 is 2.18 bits per heavy atom. The van der Waals surface area contributed by atoms with Gasteiger partial charge in [-0.05, 0) is 0 Å². The zero-order valence-corrected chi connectivity index (χ0v) is 11.1. The highest BCUT2D eigenvalue weighted by molar-refractivity contribution is 6.32. The van der Waals surface area contributed by atoms with E-state index in [9.17, 15) is 0 Å². The molecule has 0 saturated carbocycles. The van der Waals surface area contributed by atoms with Gasteiger partial charge in [-0.3, -0.25) is 0 Å². The lowest BCUT2D eigenvalue weighted by Crippen LogP contribution is -2.13. The Kier molecular flexibility index (Phi) is 5.34. The summed E-state index contributed by atoms with van der Waals surface area (Å²) in [6, 6.07) is 1.65. The van der Waals surface area contributed by atoms with Gasteiger partial charge in [0.15, 0.2) is 11.5 Å². The first kappa shape index (κ1) is 13.9. The summed E-state index contributed by atoms with van der Waals surface area (Å²) in [5.74, 6) is 1.65. The van der Waals surface area contributed by atoms with Crippen molar-refractivity contribution in [1.82, 2.24) is 5.48 Å². The minimum atomic E-state index is 0.389. The lowest BCUT2D eigenvalue weighted by atomic mass is 10.1. The van der Waals surface area contributed by atoms with Gasteiger partial charge in [0.2, 0.25) is 0 Å². The monoisotopic (exact) mass is 261 g/mol. The predicted molar refractivity (Wildman–Crippen MR) is 65.0 cm³/mol. The van der Waals surface area contributed by atoms with Crippen molar-refractivity contribution >= 4 is 11.6 Å². The second kappa shape index (κ2) is 6.54. The highest BCUT2D eigenvalue weighted by atomic mass is 35.5. The van der Waals surface area contributed by atoms with E-state index < -0.39 is 0 Å². The van der Waals surface area contributed by atoms with Gasteiger partial charge < -0.3 is 19.0 Å². The molecule has 0 radical (unpaired) electrons. The van der Waals surface area contributed by atoms with Crippen molar-refractivity contribution < 1.29 is 19.0 Å². The first-order valence-corrected chi connectivity index (χ1v) is 5.30. The fourth-order valence-electron chi connectivity index (χ4n) is 1.54. The van der Waals surface area contributed by atoms with E-state index in [-0.39, 0.29) is 0 Å². The molecule has 0 aliphatic rings. The number of ether oxygens (including phenoxy) is 3. The van der Waals surface area contributed by atoms with Gasteiger partial charge in [-0.2, -0.15) is 5.48 Å². The number of benzene rings is 1. The maximum Gasteiger partial charge on any atom is 0.169 e. The fourth-order valence-corrected chi connectivity index (χ4v) is 1.83. The van der Waals surface area contributed by atoms with Crippen LogP contribution in [0.5, 0.6) is 17.2 Å². The molecule has 17 heavy (non-hydrogen) atoms. The van der Waals surface area contributed by atoms with Crippen molar-refractivity contribution in [2.75, 3.05) is 28.4 Å². The zero-order chi connectivity index (χ0) is 12.8. The van der Waals surface area contributed by atoms with Crippen molar-refractivity contribution in [3.63, 3.8) is 0 Å². The Labute approximate surface area is 106 Å². The van der Waals surface area contributed by atoms with E-state index in [4.69, 9.17) is 30.6 Å². The van der Waals surface area contributed by atoms with Crippen LogP contribution < -0.4 is 19.7 Å². The van der Waals surface area contributed by atoms with Crippen LogP contribution in [0.1, 0.15) is 5.56 Å². The number of halogens is 1. The third-order valence-electron chi connectivity index (χ3n) is 2.27. The SMILES string of the molecule is CONCc1c(OC)c(Cl)cc(OC)c1OC. The van der Waals surface area contributed by atoms with Crippen molar-refractivity contribution in [3.05, 3.63) is 16.7 Å². The smallest absolute Gasteiger partial charge is 0.169 e. The first-order chi connectivity index (χ1) is 8.19. The third kappa shape index (κ3) is 2.94. The van der Waals surface area contributed by atoms with Crippen molar-refractivity contribution in [2.24, 2.45) is 0 Å². The predicted octanol–water partition coefficient (Wildman–Crippen LogP) is 2.02. The number of hydrogen-bond acceptors (Lipinski definition) is 5. The largest absolute Gasteiger partial charge is 0.495 e. The van der Waals surface area contributed by atoms with Gasteiger partial charge >= 0.3 is 0 Å². The van der Waals surface area contributed by atoms with Crippen LogP contribution in [0.3, 0.4) is 0 Å². The summed E-state index contributed by atoms with van der Waals surface area (Å²) in [4.78, 5) is 4.81. The molecule has 0 unspecified atom stereocenters. The molecule has 96 valence electrons. The van der Waals surface area contributed by atoms with Crippen molar-refractivity contribution in [1.29, 1.82) is 0 Å². The molecular weight excluding hydrogens is 246 g/mol. The summed E-state index contributed by atoms with van der Waals surface area (Å²) in [5, 5.41) is 0.457. The van der Waals surface area contributed by atoms with E-state index in [0.717, 1.165) is 5.56 Å². The Hall–Kier alpha value is -1.17. The Morgan fingerprint density at radius 1 is 1.06 bits per heavy atom. The maximum absolute atomic E-state index is 6.09. The van der Waals surface area contributed by atoms with Gasteiger partial charge in [0.05, 0.1) is 45.6 Å². The summed E-state index contributed by atoms with van der Waals surface area (Å²) in [6.45, 7) is 0.389. The van der Waals surface area contributed by atoms with Gasteiger partial charge in [-0.25, -0.2) is 0 Å². The van der Waals surface area contributed by atoms with E-state index in [1.54, 1.807) is 27.4 Å². The van der Waals surface area contributed by atoms with Crippen LogP contribution in [0, 0.1) is 0 Å². The quantitative estimate of drug-likeness (QED) is 0.794. The van der Waals surface area contributed by atoms with Crippen LogP contribution in [0.25, 0.3) is 0 Å². The normalized spacial score (nSPS) is 10.2. The summed E-state index contributed by atoms with van der Waals surface area (Å²) in [7, 11) is 6.18. The summed E-state index contributed by atoms with van der Waals surface area (Å²) >= 11 is 6.09. The molecule has 0 fully saturated rings. The lowest BCUT2D eigenvalue weighted by molar-refractivity contribution is 0.0854. The first-order valence-electron chi connectivity index (χ1n) is 4.92. The van der Waals surface area contributed by atoms with Crippen molar-refractivity contribution in [2.45, 2.75) is 6.54 Å². The minimum Gasteiger partial charge on any atom is -0.495 e. The minimum absolute atomic E-state index is 0.389. The van der Waals surface area contributed by atoms with Gasteiger partial charge in [-0.15, -0.1) is 0 Å². The molecule has 0 atom stereocenters.